The lowest BCUT2D eigenvalue weighted by molar-refractivity contribution is 0.0932. The number of benzene rings is 1. The van der Waals surface area contributed by atoms with Crippen molar-refractivity contribution >= 4 is 5.91 Å². The van der Waals surface area contributed by atoms with Crippen LogP contribution in [0.4, 0.5) is 4.39 Å². The minimum absolute atomic E-state index is 0.218. The lowest BCUT2D eigenvalue weighted by Crippen LogP contribution is -2.40. The topological polar surface area (TPSA) is 81.2 Å². The van der Waals surface area contributed by atoms with Gasteiger partial charge in [-0.2, -0.15) is 0 Å². The fourth-order valence-corrected chi connectivity index (χ4v) is 4.53. The third kappa shape index (κ3) is 3.64. The highest BCUT2D eigenvalue weighted by molar-refractivity contribution is 5.94. The molecule has 0 aliphatic heterocycles. The third-order valence-electron chi connectivity index (χ3n) is 6.33. The summed E-state index contributed by atoms with van der Waals surface area (Å²) in [6, 6.07) is 6.86. The van der Waals surface area contributed by atoms with Crippen LogP contribution in [0.1, 0.15) is 70.1 Å². The predicted molar refractivity (Wildman–Crippen MR) is 109 cm³/mol. The monoisotopic (exact) mass is 411 g/mol. The zero-order valence-corrected chi connectivity index (χ0v) is 17.5. The number of amides is 1. The molecule has 0 unspecified atom stereocenters. The average molecular weight is 411 g/mol. The van der Waals surface area contributed by atoms with E-state index in [1.807, 2.05) is 26.0 Å². The highest BCUT2D eigenvalue weighted by atomic mass is 19.1. The maximum Gasteiger partial charge on any atom is 0.273 e. The van der Waals surface area contributed by atoms with Crippen LogP contribution in [0.5, 0.6) is 0 Å². The molecule has 1 aromatic carbocycles. The lowest BCUT2D eigenvalue weighted by Gasteiger charge is -2.30. The molecular weight excluding hydrogens is 385 g/mol. The summed E-state index contributed by atoms with van der Waals surface area (Å²) in [5.41, 5.74) is 2.97. The number of hydrogen-bond donors (Lipinski definition) is 1. The first-order valence-electron chi connectivity index (χ1n) is 10.3. The Morgan fingerprint density at radius 2 is 1.73 bits per heavy atom. The molecule has 1 amide bonds. The standard InChI is InChI=1S/C23H26FN3O3/c1-14-17(15(2)29-26-14)12-18-16(3)30-27-21(18)22(28)25-13-23(10-6-7-11-23)19-8-4-5-9-20(19)24/h4-5,8-9H,6-7,10-13H2,1-3H3,(H,25,28). The molecule has 2 aromatic heterocycles. The summed E-state index contributed by atoms with van der Waals surface area (Å²) < 4.78 is 25.1. The Hall–Kier alpha value is -2.96. The van der Waals surface area contributed by atoms with Gasteiger partial charge in [-0.15, -0.1) is 0 Å². The van der Waals surface area contributed by atoms with Gasteiger partial charge in [-0.25, -0.2) is 4.39 Å². The Balaban J connectivity index is 1.55. The Morgan fingerprint density at radius 3 is 2.40 bits per heavy atom. The van der Waals surface area contributed by atoms with Gasteiger partial charge in [0, 0.05) is 29.5 Å². The number of carbonyl (C=O) groups is 1. The molecule has 1 aliphatic rings. The van der Waals surface area contributed by atoms with Crippen LogP contribution in [0.15, 0.2) is 33.3 Å². The van der Waals surface area contributed by atoms with Crippen molar-refractivity contribution in [3.05, 3.63) is 69.7 Å². The summed E-state index contributed by atoms with van der Waals surface area (Å²) in [6.45, 7) is 5.86. The van der Waals surface area contributed by atoms with Gasteiger partial charge in [0.2, 0.25) is 0 Å². The number of aryl methyl sites for hydroxylation is 3. The molecule has 158 valence electrons. The molecule has 0 atom stereocenters. The van der Waals surface area contributed by atoms with Crippen molar-refractivity contribution in [3.63, 3.8) is 0 Å². The molecule has 7 heteroatoms. The van der Waals surface area contributed by atoms with Crippen molar-refractivity contribution in [1.29, 1.82) is 0 Å². The van der Waals surface area contributed by atoms with E-state index in [2.05, 4.69) is 15.6 Å². The van der Waals surface area contributed by atoms with E-state index in [0.29, 0.717) is 35.6 Å². The second-order valence-electron chi connectivity index (χ2n) is 8.20. The van der Waals surface area contributed by atoms with E-state index in [9.17, 15) is 9.18 Å². The maximum absolute atomic E-state index is 14.5. The molecule has 1 saturated carbocycles. The molecule has 0 bridgehead atoms. The van der Waals surface area contributed by atoms with E-state index in [-0.39, 0.29) is 22.8 Å². The van der Waals surface area contributed by atoms with Crippen LogP contribution in [0.3, 0.4) is 0 Å². The lowest BCUT2D eigenvalue weighted by atomic mass is 9.78. The fraction of sp³-hybridized carbons (Fsp3) is 0.435. The zero-order valence-electron chi connectivity index (χ0n) is 17.5. The van der Waals surface area contributed by atoms with E-state index in [0.717, 1.165) is 36.9 Å². The number of carbonyl (C=O) groups excluding carboxylic acids is 1. The molecule has 0 saturated heterocycles. The summed E-state index contributed by atoms with van der Waals surface area (Å²) in [4.78, 5) is 13.0. The largest absolute Gasteiger partial charge is 0.361 e. The van der Waals surface area contributed by atoms with Crippen LogP contribution in [0.2, 0.25) is 0 Å². The SMILES string of the molecule is Cc1noc(C)c1Cc1c(C(=O)NCC2(c3ccccc3F)CCCC2)noc1C. The van der Waals surface area contributed by atoms with Crippen molar-refractivity contribution in [1.82, 2.24) is 15.6 Å². The van der Waals surface area contributed by atoms with E-state index in [1.165, 1.54) is 6.07 Å². The first kappa shape index (κ1) is 20.3. The minimum Gasteiger partial charge on any atom is -0.361 e. The van der Waals surface area contributed by atoms with Gasteiger partial charge in [0.25, 0.3) is 5.91 Å². The van der Waals surface area contributed by atoms with Crippen LogP contribution in [0, 0.1) is 26.6 Å². The summed E-state index contributed by atoms with van der Waals surface area (Å²) in [6.07, 6.45) is 4.18. The normalized spacial score (nSPS) is 15.5. The number of halogens is 1. The second kappa shape index (κ2) is 8.05. The maximum atomic E-state index is 14.5. The van der Waals surface area contributed by atoms with Crippen molar-refractivity contribution < 1.29 is 18.2 Å². The summed E-state index contributed by atoms with van der Waals surface area (Å²) in [5.74, 6) is 0.773. The molecule has 3 aromatic rings. The molecule has 4 rings (SSSR count). The minimum atomic E-state index is -0.387. The fourth-order valence-electron chi connectivity index (χ4n) is 4.53. The first-order chi connectivity index (χ1) is 14.4. The predicted octanol–water partition coefficient (Wildman–Crippen LogP) is 4.56. The van der Waals surface area contributed by atoms with Crippen molar-refractivity contribution in [2.24, 2.45) is 0 Å². The number of nitrogens with one attached hydrogen (secondary N) is 1. The molecule has 0 spiro atoms. The number of hydrogen-bond acceptors (Lipinski definition) is 5. The quantitative estimate of drug-likeness (QED) is 0.643. The highest BCUT2D eigenvalue weighted by Crippen LogP contribution is 2.41. The zero-order chi connectivity index (χ0) is 21.3. The first-order valence-corrected chi connectivity index (χ1v) is 10.3. The molecule has 2 heterocycles. The summed E-state index contributed by atoms with van der Waals surface area (Å²) >= 11 is 0. The molecular formula is C23H26FN3O3. The second-order valence-corrected chi connectivity index (χ2v) is 8.20. The van der Waals surface area contributed by atoms with Crippen molar-refractivity contribution in [2.75, 3.05) is 6.54 Å². The Labute approximate surface area is 174 Å². The van der Waals surface area contributed by atoms with E-state index >= 15 is 0 Å². The van der Waals surface area contributed by atoms with Gasteiger partial charge < -0.3 is 14.4 Å². The molecule has 6 nitrogen and oxygen atoms in total. The van der Waals surface area contributed by atoms with Gasteiger partial charge in [-0.1, -0.05) is 41.4 Å². The van der Waals surface area contributed by atoms with Crippen molar-refractivity contribution in [2.45, 2.75) is 58.3 Å². The molecule has 1 aliphatic carbocycles. The average Bonchev–Trinajstić information content (AvgIpc) is 3.43. The van der Waals surface area contributed by atoms with Crippen LogP contribution in [-0.2, 0) is 11.8 Å². The van der Waals surface area contributed by atoms with Crippen LogP contribution in [-0.4, -0.2) is 22.8 Å². The highest BCUT2D eigenvalue weighted by Gasteiger charge is 2.38. The number of aromatic nitrogens is 2. The third-order valence-corrected chi connectivity index (χ3v) is 6.33. The van der Waals surface area contributed by atoms with E-state index in [4.69, 9.17) is 9.05 Å². The number of rotatable bonds is 6. The van der Waals surface area contributed by atoms with Gasteiger partial charge in [0.1, 0.15) is 17.3 Å². The van der Waals surface area contributed by atoms with Crippen LogP contribution >= 0.6 is 0 Å². The van der Waals surface area contributed by atoms with Gasteiger partial charge in [-0.05, 0) is 45.2 Å². The number of nitrogens with zero attached hydrogens (tertiary/aromatic N) is 2. The van der Waals surface area contributed by atoms with E-state index < -0.39 is 0 Å². The molecule has 0 radical (unpaired) electrons. The molecule has 1 N–H and O–H groups in total. The summed E-state index contributed by atoms with van der Waals surface area (Å²) in [5, 5.41) is 11.0. The Kier molecular flexibility index (Phi) is 5.45. The molecule has 1 fully saturated rings. The van der Waals surface area contributed by atoms with Gasteiger partial charge >= 0.3 is 0 Å². The van der Waals surface area contributed by atoms with Crippen molar-refractivity contribution in [3.8, 4) is 0 Å². The van der Waals surface area contributed by atoms with Crippen LogP contribution < -0.4 is 5.32 Å². The Bertz CT molecular complexity index is 1040. The molecule has 30 heavy (non-hydrogen) atoms. The summed E-state index contributed by atoms with van der Waals surface area (Å²) in [7, 11) is 0. The van der Waals surface area contributed by atoms with E-state index in [1.54, 1.807) is 13.0 Å². The van der Waals surface area contributed by atoms with Crippen LogP contribution in [0.25, 0.3) is 0 Å². The Morgan fingerprint density at radius 1 is 1.07 bits per heavy atom. The van der Waals surface area contributed by atoms with Gasteiger partial charge in [0.05, 0.1) is 5.69 Å². The smallest absolute Gasteiger partial charge is 0.273 e. The van der Waals surface area contributed by atoms with Gasteiger partial charge in [-0.3, -0.25) is 4.79 Å². The van der Waals surface area contributed by atoms with Gasteiger partial charge in [0.15, 0.2) is 5.69 Å².